The maximum absolute atomic E-state index is 4.28. The molecule has 1 aromatic heterocycles. The van der Waals surface area contributed by atoms with Crippen LogP contribution in [0, 0.1) is 0 Å². The molecule has 3 nitrogen and oxygen atoms in total. The van der Waals surface area contributed by atoms with Crippen molar-refractivity contribution in [1.29, 1.82) is 0 Å². The Morgan fingerprint density at radius 3 is 2.05 bits per heavy atom. The van der Waals surface area contributed by atoms with Crippen molar-refractivity contribution in [3.8, 4) is 0 Å². The van der Waals surface area contributed by atoms with Crippen LogP contribution in [-0.4, -0.2) is 0 Å². The van der Waals surface area contributed by atoms with Crippen molar-refractivity contribution in [2.75, 3.05) is 0 Å². The van der Waals surface area contributed by atoms with E-state index in [0.29, 0.717) is 0 Å². The van der Waals surface area contributed by atoms with Crippen LogP contribution in [0.2, 0.25) is 0 Å². The van der Waals surface area contributed by atoms with E-state index in [0.717, 1.165) is 17.9 Å². The summed E-state index contributed by atoms with van der Waals surface area (Å²) in [6.45, 7) is 0.829. The van der Waals surface area contributed by atoms with Crippen molar-refractivity contribution in [3.05, 3.63) is 90.8 Å². The van der Waals surface area contributed by atoms with E-state index in [-0.39, 0.29) is 0 Å². The summed E-state index contributed by atoms with van der Waals surface area (Å²) in [5, 5.41) is 8.52. The number of benzene rings is 2. The molecule has 0 radical (unpaired) electrons. The molecule has 0 bridgehead atoms. The summed E-state index contributed by atoms with van der Waals surface area (Å²) >= 11 is 0. The molecule has 0 unspecified atom stereocenters. The third-order valence-corrected chi connectivity index (χ3v) is 3.09. The lowest BCUT2D eigenvalue weighted by Crippen LogP contribution is -2.32. The lowest BCUT2D eigenvalue weighted by molar-refractivity contribution is -0.687. The molecule has 3 heteroatoms. The van der Waals surface area contributed by atoms with Gasteiger partial charge in [-0.05, 0) is 18.2 Å². The first-order chi connectivity index (χ1) is 10.4. The molecule has 0 saturated heterocycles. The molecule has 0 saturated carbocycles. The first kappa shape index (κ1) is 13.2. The normalized spacial score (nSPS) is 10.9. The Hall–Kier alpha value is -2.81. The fourth-order valence-electron chi connectivity index (χ4n) is 2.07. The first-order valence-corrected chi connectivity index (χ1v) is 6.90. The zero-order chi connectivity index (χ0) is 14.3. The molecular formula is C18H16N3+. The van der Waals surface area contributed by atoms with Gasteiger partial charge in [-0.3, -0.25) is 0 Å². The lowest BCUT2D eigenvalue weighted by atomic mass is 10.2. The molecule has 3 rings (SSSR count). The van der Waals surface area contributed by atoms with Crippen molar-refractivity contribution < 1.29 is 4.57 Å². The third-order valence-electron chi connectivity index (χ3n) is 3.09. The summed E-state index contributed by atoms with van der Waals surface area (Å²) in [5.41, 5.74) is 2.97. The van der Waals surface area contributed by atoms with Crippen LogP contribution < -0.4 is 4.57 Å². The Kier molecular flexibility index (Phi) is 4.12. The van der Waals surface area contributed by atoms with Crippen LogP contribution in [0.3, 0.4) is 0 Å². The van der Waals surface area contributed by atoms with Gasteiger partial charge < -0.3 is 0 Å². The molecule has 0 spiro atoms. The van der Waals surface area contributed by atoms with Gasteiger partial charge in [0.1, 0.15) is 5.69 Å². The highest BCUT2D eigenvalue weighted by Crippen LogP contribution is 2.15. The predicted octanol–water partition coefficient (Wildman–Crippen LogP) is 4.44. The molecule has 0 N–H and O–H groups in total. The van der Waals surface area contributed by atoms with Crippen molar-refractivity contribution in [3.63, 3.8) is 0 Å². The highest BCUT2D eigenvalue weighted by molar-refractivity contribution is 5.37. The monoisotopic (exact) mass is 274 g/mol. The maximum Gasteiger partial charge on any atom is 0.196 e. The number of hydrogen-bond donors (Lipinski definition) is 0. The van der Waals surface area contributed by atoms with E-state index >= 15 is 0 Å². The standard InChI is InChI=1S/C18H16N3/c1-3-8-16(9-4-1)14-21-13-7-12-18(15-21)20-19-17-10-5-2-6-11-17/h1-13,15H,14H2/q+1. The average molecular weight is 274 g/mol. The molecule has 1 heterocycles. The van der Waals surface area contributed by atoms with E-state index in [9.17, 15) is 0 Å². The van der Waals surface area contributed by atoms with Gasteiger partial charge in [0.25, 0.3) is 0 Å². The molecule has 3 aromatic rings. The fraction of sp³-hybridized carbons (Fsp3) is 0.0556. The lowest BCUT2D eigenvalue weighted by Gasteiger charge is -1.98. The molecule has 0 aliphatic rings. The van der Waals surface area contributed by atoms with Gasteiger partial charge in [-0.15, -0.1) is 5.11 Å². The molecule has 0 amide bonds. The Bertz CT molecular complexity index is 722. The highest BCUT2D eigenvalue weighted by Gasteiger charge is 2.03. The summed E-state index contributed by atoms with van der Waals surface area (Å²) < 4.78 is 2.11. The van der Waals surface area contributed by atoms with Crippen molar-refractivity contribution >= 4 is 11.4 Å². The summed E-state index contributed by atoms with van der Waals surface area (Å²) in [6.07, 6.45) is 4.04. The van der Waals surface area contributed by atoms with E-state index < -0.39 is 0 Å². The largest absolute Gasteiger partial charge is 0.199 e. The van der Waals surface area contributed by atoms with Crippen molar-refractivity contribution in [2.24, 2.45) is 10.2 Å². The second-order valence-electron chi connectivity index (χ2n) is 4.76. The van der Waals surface area contributed by atoms with E-state index in [1.165, 1.54) is 5.56 Å². The molecule has 21 heavy (non-hydrogen) atoms. The van der Waals surface area contributed by atoms with Gasteiger partial charge in [0.05, 0.1) is 5.69 Å². The minimum atomic E-state index is 0.829. The van der Waals surface area contributed by atoms with Crippen LogP contribution in [0.15, 0.2) is 95.4 Å². The summed E-state index contributed by atoms with van der Waals surface area (Å²) in [6, 6.07) is 24.0. The molecule has 0 fully saturated rings. The number of azo groups is 1. The van der Waals surface area contributed by atoms with E-state index in [4.69, 9.17) is 0 Å². The topological polar surface area (TPSA) is 28.6 Å². The molecule has 0 atom stereocenters. The molecule has 0 aliphatic carbocycles. The Morgan fingerprint density at radius 1 is 0.667 bits per heavy atom. The van der Waals surface area contributed by atoms with Crippen molar-refractivity contribution in [1.82, 2.24) is 0 Å². The number of pyridine rings is 1. The first-order valence-electron chi connectivity index (χ1n) is 6.90. The second kappa shape index (κ2) is 6.57. The highest BCUT2D eigenvalue weighted by atomic mass is 15.1. The Morgan fingerprint density at radius 2 is 1.29 bits per heavy atom. The smallest absolute Gasteiger partial charge is 0.196 e. The summed E-state index contributed by atoms with van der Waals surface area (Å²) in [5.74, 6) is 0. The van der Waals surface area contributed by atoms with Crippen molar-refractivity contribution in [2.45, 2.75) is 6.54 Å². The number of nitrogens with zero attached hydrogens (tertiary/aromatic N) is 3. The zero-order valence-corrected chi connectivity index (χ0v) is 11.6. The van der Waals surface area contributed by atoms with Gasteiger partial charge in [-0.1, -0.05) is 48.5 Å². The van der Waals surface area contributed by atoms with E-state index in [1.807, 2.05) is 60.9 Å². The minimum Gasteiger partial charge on any atom is -0.199 e. The van der Waals surface area contributed by atoms with Crippen LogP contribution in [0.4, 0.5) is 11.4 Å². The van der Waals surface area contributed by atoms with Gasteiger partial charge in [0.2, 0.25) is 0 Å². The van der Waals surface area contributed by atoms with Gasteiger partial charge in [0.15, 0.2) is 18.9 Å². The van der Waals surface area contributed by atoms with Crippen LogP contribution in [0.1, 0.15) is 5.56 Å². The van der Waals surface area contributed by atoms with E-state index in [1.54, 1.807) is 0 Å². The second-order valence-corrected chi connectivity index (χ2v) is 4.76. The average Bonchev–Trinajstić information content (AvgIpc) is 2.55. The van der Waals surface area contributed by atoms with Gasteiger partial charge in [-0.25, -0.2) is 0 Å². The van der Waals surface area contributed by atoms with Gasteiger partial charge in [0, 0.05) is 11.6 Å². The van der Waals surface area contributed by atoms with Crippen LogP contribution in [0.5, 0.6) is 0 Å². The third kappa shape index (κ3) is 3.83. The number of aromatic nitrogens is 1. The molecule has 2 aromatic carbocycles. The predicted molar refractivity (Wildman–Crippen MR) is 82.8 cm³/mol. The van der Waals surface area contributed by atoms with Gasteiger partial charge in [-0.2, -0.15) is 9.68 Å². The number of hydrogen-bond acceptors (Lipinski definition) is 2. The van der Waals surface area contributed by atoms with Crippen LogP contribution in [0.25, 0.3) is 0 Å². The minimum absolute atomic E-state index is 0.829. The number of rotatable bonds is 4. The zero-order valence-electron chi connectivity index (χ0n) is 11.6. The van der Waals surface area contributed by atoms with Gasteiger partial charge >= 0.3 is 0 Å². The molecular weight excluding hydrogens is 258 g/mol. The Labute approximate surface area is 124 Å². The quantitative estimate of drug-likeness (QED) is 0.497. The molecule has 102 valence electrons. The summed E-state index contributed by atoms with van der Waals surface area (Å²) in [4.78, 5) is 0. The van der Waals surface area contributed by atoms with Crippen LogP contribution in [-0.2, 0) is 6.54 Å². The molecule has 0 aliphatic heterocycles. The fourth-order valence-corrected chi connectivity index (χ4v) is 2.07. The Balaban J connectivity index is 1.76. The van der Waals surface area contributed by atoms with E-state index in [2.05, 4.69) is 39.1 Å². The summed E-state index contributed by atoms with van der Waals surface area (Å²) in [7, 11) is 0. The van der Waals surface area contributed by atoms with Crippen LogP contribution >= 0.6 is 0 Å². The maximum atomic E-state index is 4.28. The SMILES string of the molecule is c1ccc(C[n+]2cccc(N=Nc3ccccc3)c2)cc1.